The molecule has 3 atom stereocenters. The van der Waals surface area contributed by atoms with Gasteiger partial charge in [-0.05, 0) is 72.8 Å². The minimum Gasteiger partial charge on any atom is -0.488 e. The number of carbonyl (C=O) groups excluding carboxylic acids is 3. The summed E-state index contributed by atoms with van der Waals surface area (Å²) in [4.78, 5) is 44.0. The van der Waals surface area contributed by atoms with E-state index in [4.69, 9.17) is 23.7 Å². The molecule has 2 aromatic rings. The van der Waals surface area contributed by atoms with Crippen molar-refractivity contribution in [1.29, 1.82) is 0 Å². The van der Waals surface area contributed by atoms with E-state index in [1.165, 1.54) is 23.5 Å². The van der Waals surface area contributed by atoms with Gasteiger partial charge in [-0.1, -0.05) is 51.4 Å². The van der Waals surface area contributed by atoms with Crippen LogP contribution in [0.3, 0.4) is 0 Å². The molecule has 0 bridgehead atoms. The molecule has 0 aliphatic heterocycles. The van der Waals surface area contributed by atoms with Gasteiger partial charge in [0.1, 0.15) is 31.1 Å². The molecule has 1 N–H and O–H groups in total. The quantitative estimate of drug-likeness (QED) is 0.0768. The van der Waals surface area contributed by atoms with E-state index in [0.717, 1.165) is 32.0 Å². The zero-order valence-corrected chi connectivity index (χ0v) is 32.3. The topological polar surface area (TPSA) is 126 Å². The molecule has 0 fully saturated rings. The Balaban J connectivity index is 2.39. The summed E-state index contributed by atoms with van der Waals surface area (Å²) in [6.45, 7) is 11.8. The molecule has 2 rings (SSSR count). The van der Waals surface area contributed by atoms with E-state index in [2.05, 4.69) is 36.0 Å². The molecule has 11 nitrogen and oxygen atoms in total. The molecule has 1 heterocycles. The van der Waals surface area contributed by atoms with Crippen LogP contribution in [0.25, 0.3) is 0 Å². The van der Waals surface area contributed by atoms with Crippen molar-refractivity contribution in [2.24, 2.45) is 0 Å². The number of esters is 2. The summed E-state index contributed by atoms with van der Waals surface area (Å²) >= 11 is 1.18. The summed E-state index contributed by atoms with van der Waals surface area (Å²) in [5.41, 5.74) is -0.0582. The van der Waals surface area contributed by atoms with Crippen LogP contribution in [0.2, 0.25) is 0 Å². The number of halogens is 1. The van der Waals surface area contributed by atoms with Crippen LogP contribution in [-0.4, -0.2) is 99.0 Å². The number of hydrogen-bond donors (Lipinski definition) is 1. The van der Waals surface area contributed by atoms with Crippen molar-refractivity contribution in [2.45, 2.75) is 110 Å². The summed E-state index contributed by atoms with van der Waals surface area (Å²) in [5.74, 6) is 4.30. The Morgan fingerprint density at radius 3 is 2.43 bits per heavy atom. The van der Waals surface area contributed by atoms with Crippen molar-refractivity contribution in [2.75, 3.05) is 52.3 Å². The van der Waals surface area contributed by atoms with Gasteiger partial charge in [0.2, 0.25) is 0 Å². The first kappa shape index (κ1) is 43.6. The van der Waals surface area contributed by atoms with Crippen molar-refractivity contribution in [1.82, 2.24) is 9.88 Å². The number of carbonyl (C=O) groups is 3. The second-order valence-electron chi connectivity index (χ2n) is 13.3. The van der Waals surface area contributed by atoms with Crippen molar-refractivity contribution < 1.29 is 42.5 Å². The van der Waals surface area contributed by atoms with Crippen LogP contribution in [0.5, 0.6) is 5.75 Å². The second kappa shape index (κ2) is 23.1. The Bertz CT molecular complexity index is 1430. The summed E-state index contributed by atoms with van der Waals surface area (Å²) in [5, 5.41) is 3.28. The lowest BCUT2D eigenvalue weighted by Crippen LogP contribution is -2.34. The van der Waals surface area contributed by atoms with Crippen molar-refractivity contribution in [3.63, 3.8) is 0 Å². The van der Waals surface area contributed by atoms with Crippen LogP contribution in [0, 0.1) is 17.7 Å². The number of hydrogen-bond acceptors (Lipinski definition) is 12. The lowest BCUT2D eigenvalue weighted by atomic mass is 10.1. The lowest BCUT2D eigenvalue weighted by molar-refractivity contribution is -0.152. The number of anilines is 1. The number of rotatable bonds is 23. The molecule has 0 saturated carbocycles. The number of nitrogens with zero attached hydrogens (tertiary/aromatic N) is 2. The molecule has 0 spiro atoms. The van der Waals surface area contributed by atoms with Crippen molar-refractivity contribution >= 4 is 34.7 Å². The fourth-order valence-corrected chi connectivity index (χ4v) is 5.71. The Labute approximate surface area is 306 Å². The number of aromatic nitrogens is 1. The fourth-order valence-electron chi connectivity index (χ4n) is 4.70. The van der Waals surface area contributed by atoms with Crippen LogP contribution >= 0.6 is 11.3 Å². The molecule has 0 radical (unpaired) electrons. The van der Waals surface area contributed by atoms with Gasteiger partial charge in [0, 0.05) is 16.9 Å². The van der Waals surface area contributed by atoms with Gasteiger partial charge < -0.3 is 33.8 Å². The standard InChI is InChI=1S/C38H56FN3O8S/c1-9-12-16-28(24-43)47-25-29(17-13-10-2)49-30(26-48-32-19-18-27(21-31(32)39)15-14-20-42(7)8)22-33-35(36(45)46-11-3)41-37(51-33)40-23-34(44)50-38(4,5)6/h18-19,21,24,28-30H,9-13,16-17,20,22-23,25-26H2,1-8H3,(H,40,41). The highest BCUT2D eigenvalue weighted by atomic mass is 32.1. The number of unbranched alkanes of at least 4 members (excludes halogenated alkanes) is 2. The minimum absolute atomic E-state index is 0.0262. The summed E-state index contributed by atoms with van der Waals surface area (Å²) < 4.78 is 44.4. The molecular formula is C38H56FN3O8S. The monoisotopic (exact) mass is 733 g/mol. The van der Waals surface area contributed by atoms with E-state index in [1.807, 2.05) is 19.0 Å². The average Bonchev–Trinajstić information content (AvgIpc) is 3.47. The van der Waals surface area contributed by atoms with Crippen LogP contribution in [0.4, 0.5) is 9.52 Å². The number of ether oxygens (including phenoxy) is 5. The van der Waals surface area contributed by atoms with E-state index in [1.54, 1.807) is 33.8 Å². The van der Waals surface area contributed by atoms with Crippen molar-refractivity contribution in [3.8, 4) is 17.6 Å². The SMILES string of the molecule is CCCCC(C=O)OCC(CCCC)OC(COc1ccc(C#CCN(C)C)cc1F)Cc1sc(NCC(=O)OC(C)(C)C)nc1C(=O)OCC. The highest BCUT2D eigenvalue weighted by molar-refractivity contribution is 7.15. The maximum absolute atomic E-state index is 15.2. The molecule has 0 aliphatic rings. The maximum Gasteiger partial charge on any atom is 0.358 e. The highest BCUT2D eigenvalue weighted by Gasteiger charge is 2.27. The fraction of sp³-hybridized carbons (Fsp3) is 0.632. The Morgan fingerprint density at radius 2 is 1.80 bits per heavy atom. The number of benzene rings is 1. The molecule has 284 valence electrons. The first-order valence-electron chi connectivity index (χ1n) is 17.7. The molecular weight excluding hydrogens is 677 g/mol. The Morgan fingerprint density at radius 1 is 1.08 bits per heavy atom. The Hall–Kier alpha value is -3.57. The van der Waals surface area contributed by atoms with Crippen LogP contribution in [0.15, 0.2) is 18.2 Å². The summed E-state index contributed by atoms with van der Waals surface area (Å²) in [6, 6.07) is 4.54. The van der Waals surface area contributed by atoms with Gasteiger partial charge in [-0.3, -0.25) is 9.69 Å². The normalized spacial score (nSPS) is 13.1. The third-order valence-electron chi connectivity index (χ3n) is 7.12. The molecule has 13 heteroatoms. The number of thiazole rings is 1. The number of aldehydes is 1. The molecule has 1 aromatic carbocycles. The van der Waals surface area contributed by atoms with Gasteiger partial charge in [-0.25, -0.2) is 14.2 Å². The average molecular weight is 734 g/mol. The zero-order valence-electron chi connectivity index (χ0n) is 31.5. The zero-order chi connectivity index (χ0) is 37.8. The van der Waals surface area contributed by atoms with Crippen molar-refractivity contribution in [3.05, 3.63) is 40.2 Å². The second-order valence-corrected chi connectivity index (χ2v) is 14.4. The van der Waals surface area contributed by atoms with E-state index in [9.17, 15) is 14.4 Å². The molecule has 0 saturated heterocycles. The number of nitrogens with one attached hydrogen (secondary N) is 1. The predicted molar refractivity (Wildman–Crippen MR) is 197 cm³/mol. The van der Waals surface area contributed by atoms with Crippen LogP contribution < -0.4 is 10.1 Å². The summed E-state index contributed by atoms with van der Waals surface area (Å²) in [7, 11) is 3.81. The van der Waals surface area contributed by atoms with Crippen LogP contribution in [-0.2, 0) is 35.0 Å². The molecule has 3 unspecified atom stereocenters. The molecule has 0 amide bonds. The van der Waals surface area contributed by atoms with Gasteiger partial charge in [0.05, 0.1) is 32.0 Å². The highest BCUT2D eigenvalue weighted by Crippen LogP contribution is 2.28. The maximum atomic E-state index is 15.2. The largest absolute Gasteiger partial charge is 0.488 e. The molecule has 0 aliphatic carbocycles. The van der Waals surface area contributed by atoms with Gasteiger partial charge >= 0.3 is 11.9 Å². The van der Waals surface area contributed by atoms with Gasteiger partial charge in [0.25, 0.3) is 0 Å². The smallest absolute Gasteiger partial charge is 0.358 e. The predicted octanol–water partition coefficient (Wildman–Crippen LogP) is 6.47. The van der Waals surface area contributed by atoms with Gasteiger partial charge in [0.15, 0.2) is 22.4 Å². The lowest BCUT2D eigenvalue weighted by Gasteiger charge is -2.26. The van der Waals surface area contributed by atoms with E-state index < -0.39 is 41.7 Å². The first-order valence-corrected chi connectivity index (χ1v) is 18.5. The van der Waals surface area contributed by atoms with E-state index in [-0.39, 0.29) is 44.2 Å². The molecule has 1 aromatic heterocycles. The third-order valence-corrected chi connectivity index (χ3v) is 8.16. The van der Waals surface area contributed by atoms with E-state index >= 15 is 4.39 Å². The van der Waals surface area contributed by atoms with E-state index in [0.29, 0.717) is 35.0 Å². The first-order chi connectivity index (χ1) is 24.3. The molecule has 51 heavy (non-hydrogen) atoms. The minimum atomic E-state index is -0.688. The third kappa shape index (κ3) is 17.5. The Kier molecular flexibility index (Phi) is 19.7. The van der Waals surface area contributed by atoms with Gasteiger partial charge in [-0.2, -0.15) is 0 Å². The van der Waals surface area contributed by atoms with Gasteiger partial charge in [-0.15, -0.1) is 11.3 Å². The van der Waals surface area contributed by atoms with Crippen LogP contribution in [0.1, 0.15) is 101 Å². The summed E-state index contributed by atoms with van der Waals surface area (Å²) in [6.07, 6.45) is 4.16.